The first-order valence-corrected chi connectivity index (χ1v) is 5.32. The molecule has 16 heavy (non-hydrogen) atoms. The van der Waals surface area contributed by atoms with Crippen molar-refractivity contribution in [3.8, 4) is 0 Å². The van der Waals surface area contributed by atoms with Crippen LogP contribution in [0, 0.1) is 24.5 Å². The van der Waals surface area contributed by atoms with Crippen molar-refractivity contribution in [2.24, 2.45) is 5.92 Å². The van der Waals surface area contributed by atoms with Crippen molar-refractivity contribution in [1.82, 2.24) is 0 Å². The van der Waals surface area contributed by atoms with E-state index in [9.17, 15) is 13.6 Å². The second kappa shape index (κ2) is 5.25. The van der Waals surface area contributed by atoms with E-state index < -0.39 is 29.1 Å². The second-order valence-corrected chi connectivity index (χ2v) is 3.91. The molecule has 1 N–H and O–H groups in total. The minimum atomic E-state index is -0.793. The van der Waals surface area contributed by atoms with Crippen LogP contribution < -0.4 is 5.32 Å². The summed E-state index contributed by atoms with van der Waals surface area (Å²) >= 11 is 5.48. The SMILES string of the molecule is Cc1ccc(F)c(NC(=O)C(C)CCl)c1F. The van der Waals surface area contributed by atoms with Crippen LogP contribution in [0.4, 0.5) is 14.5 Å². The number of amides is 1. The molecular formula is C11H12ClF2NO. The third-order valence-corrected chi connectivity index (χ3v) is 2.67. The van der Waals surface area contributed by atoms with Gasteiger partial charge >= 0.3 is 0 Å². The average molecular weight is 248 g/mol. The zero-order valence-corrected chi connectivity index (χ0v) is 9.74. The van der Waals surface area contributed by atoms with Gasteiger partial charge in [0.1, 0.15) is 11.5 Å². The van der Waals surface area contributed by atoms with Gasteiger partial charge in [-0.1, -0.05) is 13.0 Å². The Hall–Kier alpha value is -1.16. The number of anilines is 1. The van der Waals surface area contributed by atoms with Gasteiger partial charge < -0.3 is 5.32 Å². The number of carbonyl (C=O) groups excluding carboxylic acids is 1. The van der Waals surface area contributed by atoms with Crippen LogP contribution in [-0.4, -0.2) is 11.8 Å². The Kier molecular flexibility index (Phi) is 4.24. The maximum Gasteiger partial charge on any atom is 0.228 e. The maximum atomic E-state index is 13.5. The van der Waals surface area contributed by atoms with Crippen LogP contribution in [0.25, 0.3) is 0 Å². The van der Waals surface area contributed by atoms with Gasteiger partial charge in [-0.3, -0.25) is 4.79 Å². The van der Waals surface area contributed by atoms with Gasteiger partial charge in [-0.15, -0.1) is 11.6 Å². The first-order chi connectivity index (χ1) is 7.47. The summed E-state index contributed by atoms with van der Waals surface area (Å²) in [5.74, 6) is -2.45. The summed E-state index contributed by atoms with van der Waals surface area (Å²) in [6.45, 7) is 3.07. The van der Waals surface area contributed by atoms with E-state index in [1.165, 1.54) is 13.0 Å². The number of hydrogen-bond acceptors (Lipinski definition) is 1. The summed E-state index contributed by atoms with van der Waals surface area (Å²) < 4.78 is 26.8. The molecule has 1 aromatic carbocycles. The van der Waals surface area contributed by atoms with E-state index >= 15 is 0 Å². The van der Waals surface area contributed by atoms with Crippen LogP contribution in [-0.2, 0) is 4.79 Å². The number of carbonyl (C=O) groups is 1. The van der Waals surface area contributed by atoms with Crippen LogP contribution in [0.3, 0.4) is 0 Å². The van der Waals surface area contributed by atoms with E-state index in [4.69, 9.17) is 11.6 Å². The number of hydrogen-bond donors (Lipinski definition) is 1. The van der Waals surface area contributed by atoms with Crippen molar-refractivity contribution >= 4 is 23.2 Å². The predicted octanol–water partition coefficient (Wildman–Crippen LogP) is 3.09. The highest BCUT2D eigenvalue weighted by Crippen LogP contribution is 2.22. The topological polar surface area (TPSA) is 29.1 Å². The fourth-order valence-corrected chi connectivity index (χ4v) is 1.23. The van der Waals surface area contributed by atoms with Crippen LogP contribution in [0.2, 0.25) is 0 Å². The quantitative estimate of drug-likeness (QED) is 0.817. The standard InChI is InChI=1S/C11H12ClF2NO/c1-6-3-4-8(13)10(9(6)14)15-11(16)7(2)5-12/h3-4,7H,5H2,1-2H3,(H,15,16). The molecule has 0 saturated heterocycles. The molecule has 1 unspecified atom stereocenters. The highest BCUT2D eigenvalue weighted by atomic mass is 35.5. The van der Waals surface area contributed by atoms with Crippen molar-refractivity contribution < 1.29 is 13.6 Å². The minimum Gasteiger partial charge on any atom is -0.321 e. The molecule has 0 radical (unpaired) electrons. The molecule has 0 aliphatic rings. The fourth-order valence-electron chi connectivity index (χ4n) is 1.09. The molecule has 0 fully saturated rings. The lowest BCUT2D eigenvalue weighted by atomic mass is 10.1. The lowest BCUT2D eigenvalue weighted by molar-refractivity contribution is -0.118. The summed E-state index contributed by atoms with van der Waals surface area (Å²) in [7, 11) is 0. The molecule has 0 saturated carbocycles. The van der Waals surface area contributed by atoms with Crippen LogP contribution >= 0.6 is 11.6 Å². The number of rotatable bonds is 3. The van der Waals surface area contributed by atoms with E-state index in [0.29, 0.717) is 0 Å². The Bertz CT molecular complexity index is 409. The summed E-state index contributed by atoms with van der Waals surface area (Å²) in [4.78, 5) is 11.4. The summed E-state index contributed by atoms with van der Waals surface area (Å²) in [5.41, 5.74) is -0.141. The van der Waals surface area contributed by atoms with Gasteiger partial charge in [-0.2, -0.15) is 0 Å². The molecule has 0 aliphatic carbocycles. The predicted molar refractivity (Wildman–Crippen MR) is 59.6 cm³/mol. The smallest absolute Gasteiger partial charge is 0.228 e. The highest BCUT2D eigenvalue weighted by molar-refractivity contribution is 6.19. The summed E-state index contributed by atoms with van der Waals surface area (Å²) in [6.07, 6.45) is 0. The van der Waals surface area contributed by atoms with Crippen molar-refractivity contribution in [1.29, 1.82) is 0 Å². The highest BCUT2D eigenvalue weighted by Gasteiger charge is 2.17. The van der Waals surface area contributed by atoms with Gasteiger partial charge in [0.05, 0.1) is 0 Å². The van der Waals surface area contributed by atoms with E-state index in [1.54, 1.807) is 6.92 Å². The first-order valence-electron chi connectivity index (χ1n) is 4.78. The van der Waals surface area contributed by atoms with Crippen molar-refractivity contribution in [2.45, 2.75) is 13.8 Å². The number of halogens is 3. The molecule has 0 bridgehead atoms. The lowest BCUT2D eigenvalue weighted by Gasteiger charge is -2.11. The largest absolute Gasteiger partial charge is 0.321 e. The normalized spacial score (nSPS) is 12.3. The monoisotopic (exact) mass is 247 g/mol. The van der Waals surface area contributed by atoms with Gasteiger partial charge in [-0.25, -0.2) is 8.78 Å². The Morgan fingerprint density at radius 1 is 1.50 bits per heavy atom. The molecule has 1 atom stereocenters. The Morgan fingerprint density at radius 2 is 2.12 bits per heavy atom. The minimum absolute atomic E-state index is 0.0981. The zero-order chi connectivity index (χ0) is 12.3. The third kappa shape index (κ3) is 2.70. The van der Waals surface area contributed by atoms with E-state index in [0.717, 1.165) is 6.07 Å². The number of benzene rings is 1. The fraction of sp³-hybridized carbons (Fsp3) is 0.364. The van der Waals surface area contributed by atoms with Gasteiger partial charge in [-0.05, 0) is 18.6 Å². The number of alkyl halides is 1. The van der Waals surface area contributed by atoms with Gasteiger partial charge in [0.25, 0.3) is 0 Å². The summed E-state index contributed by atoms with van der Waals surface area (Å²) in [6, 6.07) is 2.42. The molecule has 5 heteroatoms. The molecule has 0 heterocycles. The molecule has 0 aliphatic heterocycles. The molecule has 88 valence electrons. The third-order valence-electron chi connectivity index (χ3n) is 2.21. The lowest BCUT2D eigenvalue weighted by Crippen LogP contribution is -2.23. The number of nitrogens with one attached hydrogen (secondary N) is 1. The van der Waals surface area contributed by atoms with Crippen LogP contribution in [0.1, 0.15) is 12.5 Å². The molecule has 1 amide bonds. The van der Waals surface area contributed by atoms with E-state index in [-0.39, 0.29) is 11.4 Å². The molecule has 0 aromatic heterocycles. The van der Waals surface area contributed by atoms with Crippen molar-refractivity contribution in [3.05, 3.63) is 29.3 Å². The average Bonchev–Trinajstić information content (AvgIpc) is 2.28. The molecule has 1 rings (SSSR count). The van der Waals surface area contributed by atoms with Crippen LogP contribution in [0.15, 0.2) is 12.1 Å². The molecule has 1 aromatic rings. The molecule has 0 spiro atoms. The van der Waals surface area contributed by atoms with Crippen LogP contribution in [0.5, 0.6) is 0 Å². The number of aryl methyl sites for hydroxylation is 1. The van der Waals surface area contributed by atoms with Gasteiger partial charge in [0, 0.05) is 11.8 Å². The van der Waals surface area contributed by atoms with Crippen molar-refractivity contribution in [3.63, 3.8) is 0 Å². The summed E-state index contributed by atoms with van der Waals surface area (Å²) in [5, 5.41) is 2.20. The van der Waals surface area contributed by atoms with Gasteiger partial charge in [0.15, 0.2) is 5.82 Å². The maximum absolute atomic E-state index is 13.5. The van der Waals surface area contributed by atoms with Gasteiger partial charge in [0.2, 0.25) is 5.91 Å². The Morgan fingerprint density at radius 3 is 2.69 bits per heavy atom. The Labute approximate surface area is 97.6 Å². The first kappa shape index (κ1) is 12.9. The second-order valence-electron chi connectivity index (χ2n) is 3.60. The van der Waals surface area contributed by atoms with E-state index in [1.807, 2.05) is 0 Å². The molecule has 2 nitrogen and oxygen atoms in total. The zero-order valence-electron chi connectivity index (χ0n) is 8.98. The van der Waals surface area contributed by atoms with E-state index in [2.05, 4.69) is 5.32 Å². The Balaban J connectivity index is 2.97. The van der Waals surface area contributed by atoms with Crippen molar-refractivity contribution in [2.75, 3.05) is 11.2 Å². The molecular weight excluding hydrogens is 236 g/mol.